The summed E-state index contributed by atoms with van der Waals surface area (Å²) >= 11 is 0. The van der Waals surface area contributed by atoms with Gasteiger partial charge in [0.1, 0.15) is 0 Å². The molecule has 108 valence electrons. The van der Waals surface area contributed by atoms with Gasteiger partial charge in [0.2, 0.25) is 0 Å². The lowest BCUT2D eigenvalue weighted by atomic mass is 10.1. The Kier molecular flexibility index (Phi) is 8.38. The molecule has 0 saturated heterocycles. The van der Waals surface area contributed by atoms with Gasteiger partial charge >= 0.3 is 0 Å². The van der Waals surface area contributed by atoms with E-state index < -0.39 is 0 Å². The van der Waals surface area contributed by atoms with Gasteiger partial charge in [-0.25, -0.2) is 0 Å². The summed E-state index contributed by atoms with van der Waals surface area (Å²) in [6.07, 6.45) is 3.51. The van der Waals surface area contributed by atoms with Crippen molar-refractivity contribution in [1.29, 1.82) is 0 Å². The first kappa shape index (κ1) is 17.9. The molecule has 0 amide bonds. The molecule has 19 heavy (non-hydrogen) atoms. The highest BCUT2D eigenvalue weighted by Crippen LogP contribution is 2.13. The first-order valence-corrected chi connectivity index (χ1v) is 7.31. The number of nitrogens with zero attached hydrogens (tertiary/aromatic N) is 1. The van der Waals surface area contributed by atoms with Crippen LogP contribution in [-0.4, -0.2) is 4.98 Å². The van der Waals surface area contributed by atoms with Crippen molar-refractivity contribution in [2.45, 2.75) is 67.7 Å². The number of aryl methyl sites for hydroxylation is 2. The average molecular weight is 261 g/mol. The zero-order chi connectivity index (χ0) is 15.0. The van der Waals surface area contributed by atoms with E-state index in [-0.39, 0.29) is 0 Å². The van der Waals surface area contributed by atoms with Crippen LogP contribution in [0.3, 0.4) is 0 Å². The van der Waals surface area contributed by atoms with E-state index in [1.165, 1.54) is 23.3 Å². The second-order valence-corrected chi connectivity index (χ2v) is 6.28. The molecule has 0 aliphatic rings. The van der Waals surface area contributed by atoms with Crippen molar-refractivity contribution in [3.05, 3.63) is 40.7 Å². The Balaban J connectivity index is 0.000000362. The fourth-order valence-electron chi connectivity index (χ4n) is 1.64. The molecule has 1 rings (SSSR count). The van der Waals surface area contributed by atoms with E-state index in [0.717, 1.165) is 11.6 Å². The molecule has 0 radical (unpaired) electrons. The standard InChI is InChI=1S/C10H15N.C8H16/c1-7(2)10-6-8(3)5-9(4)11-10;1-7(2)5-6-8(3)4/h5-7H,1-4H3;5,8H,6H2,1-4H3. The first-order valence-electron chi connectivity index (χ1n) is 7.31. The smallest absolute Gasteiger partial charge is 0.0434 e. The van der Waals surface area contributed by atoms with Gasteiger partial charge in [-0.15, -0.1) is 0 Å². The molecule has 1 aromatic heterocycles. The Morgan fingerprint density at radius 3 is 2.00 bits per heavy atom. The molecule has 0 aromatic carbocycles. The van der Waals surface area contributed by atoms with Crippen molar-refractivity contribution in [3.8, 4) is 0 Å². The van der Waals surface area contributed by atoms with E-state index in [0.29, 0.717) is 5.92 Å². The van der Waals surface area contributed by atoms with E-state index in [9.17, 15) is 0 Å². The van der Waals surface area contributed by atoms with Crippen LogP contribution in [0.2, 0.25) is 0 Å². The fourth-order valence-corrected chi connectivity index (χ4v) is 1.64. The van der Waals surface area contributed by atoms with Gasteiger partial charge in [-0.1, -0.05) is 39.3 Å². The minimum atomic E-state index is 0.536. The molecule has 0 aliphatic carbocycles. The minimum absolute atomic E-state index is 0.536. The van der Waals surface area contributed by atoms with Crippen LogP contribution in [0.4, 0.5) is 0 Å². The summed E-state index contributed by atoms with van der Waals surface area (Å²) in [5, 5.41) is 0. The van der Waals surface area contributed by atoms with Crippen LogP contribution in [0.5, 0.6) is 0 Å². The SMILES string of the molecule is CC(C)=CCC(C)C.Cc1cc(C)nc(C(C)C)c1. The highest BCUT2D eigenvalue weighted by Gasteiger charge is 2.00. The van der Waals surface area contributed by atoms with E-state index in [4.69, 9.17) is 0 Å². The molecule has 0 aliphatic heterocycles. The monoisotopic (exact) mass is 261 g/mol. The van der Waals surface area contributed by atoms with Crippen molar-refractivity contribution in [2.75, 3.05) is 0 Å². The molecule has 1 aromatic rings. The Morgan fingerprint density at radius 2 is 1.68 bits per heavy atom. The van der Waals surface area contributed by atoms with Gasteiger partial charge in [-0.05, 0) is 63.6 Å². The van der Waals surface area contributed by atoms with Gasteiger partial charge in [-0.3, -0.25) is 4.98 Å². The van der Waals surface area contributed by atoms with Crippen molar-refractivity contribution < 1.29 is 0 Å². The Labute approximate surface area is 120 Å². The third kappa shape index (κ3) is 9.47. The molecule has 0 fully saturated rings. The lowest BCUT2D eigenvalue weighted by molar-refractivity contribution is 0.661. The summed E-state index contributed by atoms with van der Waals surface area (Å²) in [6.45, 7) is 17.2. The lowest BCUT2D eigenvalue weighted by Gasteiger charge is -2.06. The van der Waals surface area contributed by atoms with Crippen LogP contribution >= 0.6 is 0 Å². The van der Waals surface area contributed by atoms with Crippen molar-refractivity contribution in [2.24, 2.45) is 5.92 Å². The van der Waals surface area contributed by atoms with Gasteiger partial charge in [-0.2, -0.15) is 0 Å². The number of pyridine rings is 1. The largest absolute Gasteiger partial charge is 0.258 e. The molecular weight excluding hydrogens is 230 g/mol. The first-order chi connectivity index (χ1) is 8.72. The lowest BCUT2D eigenvalue weighted by Crippen LogP contribution is -1.95. The normalized spacial score (nSPS) is 10.2. The van der Waals surface area contributed by atoms with Crippen LogP contribution in [0.1, 0.15) is 70.8 Å². The molecule has 0 saturated carbocycles. The summed E-state index contributed by atoms with van der Waals surface area (Å²) in [5.74, 6) is 1.35. The maximum absolute atomic E-state index is 4.43. The third-order valence-electron chi connectivity index (χ3n) is 2.71. The van der Waals surface area contributed by atoms with Crippen molar-refractivity contribution in [3.63, 3.8) is 0 Å². The van der Waals surface area contributed by atoms with Gasteiger partial charge < -0.3 is 0 Å². The maximum Gasteiger partial charge on any atom is 0.0434 e. The van der Waals surface area contributed by atoms with E-state index >= 15 is 0 Å². The summed E-state index contributed by atoms with van der Waals surface area (Å²) in [5.41, 5.74) is 5.05. The van der Waals surface area contributed by atoms with Crippen LogP contribution in [0.25, 0.3) is 0 Å². The van der Waals surface area contributed by atoms with Crippen LogP contribution in [-0.2, 0) is 0 Å². The van der Waals surface area contributed by atoms with Crippen molar-refractivity contribution >= 4 is 0 Å². The third-order valence-corrected chi connectivity index (χ3v) is 2.71. The number of hydrogen-bond acceptors (Lipinski definition) is 1. The molecule has 0 atom stereocenters. The second kappa shape index (κ2) is 8.90. The van der Waals surface area contributed by atoms with Crippen molar-refractivity contribution in [1.82, 2.24) is 4.98 Å². The maximum atomic E-state index is 4.43. The molecular formula is C18H31N. The Bertz CT molecular complexity index is 376. The second-order valence-electron chi connectivity index (χ2n) is 6.28. The minimum Gasteiger partial charge on any atom is -0.258 e. The topological polar surface area (TPSA) is 12.9 Å². The summed E-state index contributed by atoms with van der Waals surface area (Å²) in [7, 11) is 0. The quantitative estimate of drug-likeness (QED) is 0.625. The molecule has 0 spiro atoms. The van der Waals surface area contributed by atoms with Gasteiger partial charge in [0, 0.05) is 11.4 Å². The summed E-state index contributed by atoms with van der Waals surface area (Å²) in [6, 6.07) is 4.25. The molecule has 1 heteroatoms. The molecule has 0 unspecified atom stereocenters. The number of allylic oxidation sites excluding steroid dienone is 2. The molecule has 1 heterocycles. The summed E-state index contributed by atoms with van der Waals surface area (Å²) in [4.78, 5) is 4.43. The predicted molar refractivity (Wildman–Crippen MR) is 86.7 cm³/mol. The predicted octanol–water partition coefficient (Wildman–Crippen LogP) is 5.82. The van der Waals surface area contributed by atoms with Gasteiger partial charge in [0.05, 0.1) is 0 Å². The Morgan fingerprint density at radius 1 is 1.11 bits per heavy atom. The highest BCUT2D eigenvalue weighted by atomic mass is 14.7. The number of hydrogen-bond donors (Lipinski definition) is 0. The molecule has 0 bridgehead atoms. The summed E-state index contributed by atoms with van der Waals surface area (Å²) < 4.78 is 0. The van der Waals surface area contributed by atoms with E-state index in [1.54, 1.807) is 0 Å². The van der Waals surface area contributed by atoms with Crippen LogP contribution < -0.4 is 0 Å². The molecule has 0 N–H and O–H groups in total. The zero-order valence-corrected chi connectivity index (χ0v) is 14.0. The van der Waals surface area contributed by atoms with E-state index in [1.807, 2.05) is 6.92 Å². The molecule has 1 nitrogen and oxygen atoms in total. The van der Waals surface area contributed by atoms with Gasteiger partial charge in [0.25, 0.3) is 0 Å². The number of aromatic nitrogens is 1. The van der Waals surface area contributed by atoms with Gasteiger partial charge in [0.15, 0.2) is 0 Å². The number of rotatable bonds is 3. The fraction of sp³-hybridized carbons (Fsp3) is 0.611. The zero-order valence-electron chi connectivity index (χ0n) is 14.0. The highest BCUT2D eigenvalue weighted by molar-refractivity contribution is 5.21. The van der Waals surface area contributed by atoms with E-state index in [2.05, 4.69) is 71.7 Å². The van der Waals surface area contributed by atoms with Crippen LogP contribution in [0.15, 0.2) is 23.8 Å². The Hall–Kier alpha value is -1.11. The van der Waals surface area contributed by atoms with Crippen LogP contribution in [0, 0.1) is 19.8 Å². The average Bonchev–Trinajstić information content (AvgIpc) is 2.25.